The molecule has 4 heterocycles. The summed E-state index contributed by atoms with van der Waals surface area (Å²) in [6, 6.07) is 8.81. The highest BCUT2D eigenvalue weighted by atomic mass is 32.1. The summed E-state index contributed by atoms with van der Waals surface area (Å²) in [6.07, 6.45) is 8.38. The molecule has 0 aliphatic rings. The van der Waals surface area contributed by atoms with Crippen LogP contribution >= 0.6 is 22.7 Å². The van der Waals surface area contributed by atoms with E-state index in [-0.39, 0.29) is 0 Å². The van der Waals surface area contributed by atoms with E-state index in [0.29, 0.717) is 34.3 Å². The average molecular weight is 486 g/mol. The maximum absolute atomic E-state index is 10.9. The molecule has 4 rings (SSSR count). The number of pyridine rings is 2. The van der Waals surface area contributed by atoms with Gasteiger partial charge in [-0.3, -0.25) is 9.78 Å². The van der Waals surface area contributed by atoms with Crippen molar-refractivity contribution in [3.8, 4) is 87.5 Å². The number of aromatic nitrogens is 3. The van der Waals surface area contributed by atoms with Gasteiger partial charge in [-0.2, -0.15) is 0 Å². The van der Waals surface area contributed by atoms with Crippen LogP contribution in [0.4, 0.5) is 0 Å². The molecule has 0 atom stereocenters. The van der Waals surface area contributed by atoms with Gasteiger partial charge in [-0.05, 0) is 65.0 Å². The highest BCUT2D eigenvalue weighted by molar-refractivity contribution is 7.13. The molecule has 0 aliphatic carbocycles. The fraction of sp³-hybridized carbons (Fsp3) is 0. The fourth-order valence-electron chi connectivity index (χ4n) is 2.73. The number of thiophene rings is 1. The molecule has 5 nitrogen and oxygen atoms in total. The Morgan fingerprint density at radius 2 is 1.69 bits per heavy atom. The summed E-state index contributed by atoms with van der Waals surface area (Å²) in [6.45, 7) is 0.373. The lowest BCUT2D eigenvalue weighted by Gasteiger charge is -2.06. The van der Waals surface area contributed by atoms with Crippen LogP contribution in [0.3, 0.4) is 0 Å². The van der Waals surface area contributed by atoms with E-state index in [1.807, 2.05) is 22.9 Å². The van der Waals surface area contributed by atoms with Crippen LogP contribution < -0.4 is 4.74 Å². The minimum Gasteiger partial charge on any atom is -0.429 e. The van der Waals surface area contributed by atoms with Crippen LogP contribution in [0.2, 0.25) is 0 Å². The van der Waals surface area contributed by atoms with Crippen molar-refractivity contribution in [2.45, 2.75) is 0 Å². The first-order chi connectivity index (χ1) is 17.3. The largest absolute Gasteiger partial charge is 0.429 e. The van der Waals surface area contributed by atoms with E-state index < -0.39 is 0 Å². The number of thiazole rings is 1. The smallest absolute Gasteiger partial charge is 0.298 e. The van der Waals surface area contributed by atoms with Crippen LogP contribution in [0.15, 0.2) is 53.5 Å². The van der Waals surface area contributed by atoms with E-state index in [9.17, 15) is 4.79 Å². The predicted octanol–water partition coefficient (Wildman–Crippen LogP) is 4.26. The van der Waals surface area contributed by atoms with Crippen LogP contribution in [-0.2, 0) is 4.79 Å². The zero-order valence-corrected chi connectivity index (χ0v) is 19.5. The number of terminal acetylenes is 1. The molecular formula is C28H11N3O2S2. The Balaban J connectivity index is 1.63. The van der Waals surface area contributed by atoms with Crippen LogP contribution in [0.5, 0.6) is 5.75 Å². The van der Waals surface area contributed by atoms with Gasteiger partial charge in [-0.1, -0.05) is 11.8 Å². The SMILES string of the molecule is C#CC#CC#CC#Cc1ccsc1C#Cc1ccnc(-c2cc(OC=O)cc(-c3nccs3)n2)c1. The van der Waals surface area contributed by atoms with E-state index in [2.05, 4.69) is 68.2 Å². The molecule has 0 aliphatic heterocycles. The second-order valence-corrected chi connectivity index (χ2v) is 8.17. The topological polar surface area (TPSA) is 65.0 Å². The molecule has 0 aromatic carbocycles. The minimum atomic E-state index is 0.351. The van der Waals surface area contributed by atoms with Gasteiger partial charge in [0.1, 0.15) is 16.5 Å². The quantitative estimate of drug-likeness (QED) is 0.319. The van der Waals surface area contributed by atoms with Crippen molar-refractivity contribution >= 4 is 29.1 Å². The monoisotopic (exact) mass is 485 g/mol. The maximum Gasteiger partial charge on any atom is 0.298 e. The second kappa shape index (κ2) is 11.7. The van der Waals surface area contributed by atoms with Crippen LogP contribution in [0.25, 0.3) is 22.1 Å². The predicted molar refractivity (Wildman–Crippen MR) is 137 cm³/mol. The normalized spacial score (nSPS) is 8.89. The molecule has 0 unspecified atom stereocenters. The summed E-state index contributed by atoms with van der Waals surface area (Å²) in [5, 5.41) is 4.47. The van der Waals surface area contributed by atoms with E-state index >= 15 is 0 Å². The molecule has 35 heavy (non-hydrogen) atoms. The number of ether oxygens (including phenoxy) is 1. The molecule has 7 heteroatoms. The Labute approximate surface area is 210 Å². The van der Waals surface area contributed by atoms with Crippen LogP contribution in [0.1, 0.15) is 16.0 Å². The number of hydrogen-bond acceptors (Lipinski definition) is 7. The number of carbonyl (C=O) groups is 1. The Morgan fingerprint density at radius 3 is 2.51 bits per heavy atom. The first kappa shape index (κ1) is 23.1. The van der Waals surface area contributed by atoms with E-state index in [4.69, 9.17) is 11.2 Å². The Morgan fingerprint density at radius 1 is 0.829 bits per heavy atom. The van der Waals surface area contributed by atoms with Crippen molar-refractivity contribution in [3.63, 3.8) is 0 Å². The molecule has 0 saturated carbocycles. The van der Waals surface area contributed by atoms with E-state index in [0.717, 1.165) is 16.0 Å². The summed E-state index contributed by atoms with van der Waals surface area (Å²) < 4.78 is 5.07. The molecule has 0 radical (unpaired) electrons. The Kier molecular flexibility index (Phi) is 7.69. The molecular weight excluding hydrogens is 474 g/mol. The van der Waals surface area contributed by atoms with Crippen molar-refractivity contribution < 1.29 is 9.53 Å². The third-order valence-corrected chi connectivity index (χ3v) is 5.79. The summed E-state index contributed by atoms with van der Waals surface area (Å²) >= 11 is 2.92. The number of nitrogens with zero attached hydrogens (tertiary/aromatic N) is 3. The van der Waals surface area contributed by atoms with E-state index in [1.54, 1.807) is 30.6 Å². The molecule has 4 aromatic rings. The molecule has 162 valence electrons. The summed E-state index contributed by atoms with van der Waals surface area (Å²) in [5.74, 6) is 24.7. The van der Waals surface area contributed by atoms with Crippen molar-refractivity contribution in [2.24, 2.45) is 0 Å². The van der Waals surface area contributed by atoms with Crippen LogP contribution in [-0.4, -0.2) is 21.4 Å². The van der Waals surface area contributed by atoms with Crippen molar-refractivity contribution in [1.29, 1.82) is 0 Å². The highest BCUT2D eigenvalue weighted by Gasteiger charge is 2.11. The van der Waals surface area contributed by atoms with Gasteiger partial charge >= 0.3 is 0 Å². The minimum absolute atomic E-state index is 0.351. The van der Waals surface area contributed by atoms with Gasteiger partial charge in [0.2, 0.25) is 0 Å². The molecule has 0 saturated heterocycles. The lowest BCUT2D eigenvalue weighted by atomic mass is 10.1. The summed E-state index contributed by atoms with van der Waals surface area (Å²) in [5.41, 5.74) is 3.23. The van der Waals surface area contributed by atoms with Gasteiger partial charge in [0.15, 0.2) is 0 Å². The molecule has 0 amide bonds. The average Bonchev–Trinajstić information content (AvgIpc) is 3.58. The van der Waals surface area contributed by atoms with E-state index in [1.165, 1.54) is 22.7 Å². The summed E-state index contributed by atoms with van der Waals surface area (Å²) in [7, 11) is 0. The van der Waals surface area contributed by atoms with Gasteiger partial charge in [-0.15, -0.1) is 29.1 Å². The third-order valence-electron chi connectivity index (χ3n) is 4.16. The van der Waals surface area contributed by atoms with Gasteiger partial charge in [-0.25, -0.2) is 9.97 Å². The van der Waals surface area contributed by atoms with Crippen molar-refractivity contribution in [3.05, 3.63) is 69.5 Å². The number of carbonyl (C=O) groups excluding carboxylic acids is 1. The zero-order valence-electron chi connectivity index (χ0n) is 17.8. The molecule has 0 N–H and O–H groups in total. The van der Waals surface area contributed by atoms with Crippen molar-refractivity contribution in [2.75, 3.05) is 0 Å². The molecule has 4 aromatic heterocycles. The molecule has 0 bridgehead atoms. The standard InChI is InChI=1S/C28H11N3O2S2/c1-2-3-4-5-6-7-8-22-12-15-34-27(22)10-9-21-11-13-29-24(17-21)25-18-23(33-20-32)19-26(31-25)28-30-14-16-35-28/h1,11-20H. The third kappa shape index (κ3) is 6.24. The van der Waals surface area contributed by atoms with Gasteiger partial charge in [0.05, 0.1) is 21.8 Å². The lowest BCUT2D eigenvalue weighted by molar-refractivity contribution is -0.120. The Bertz CT molecular complexity index is 1680. The first-order valence-electron chi connectivity index (χ1n) is 9.81. The Hall–Kier alpha value is -5.10. The van der Waals surface area contributed by atoms with Gasteiger partial charge in [0.25, 0.3) is 6.47 Å². The van der Waals surface area contributed by atoms with Gasteiger partial charge < -0.3 is 4.74 Å². The van der Waals surface area contributed by atoms with Crippen LogP contribution in [0, 0.1) is 59.7 Å². The first-order valence-corrected chi connectivity index (χ1v) is 11.6. The number of rotatable bonds is 4. The molecule has 0 spiro atoms. The second-order valence-electron chi connectivity index (χ2n) is 6.36. The lowest BCUT2D eigenvalue weighted by Crippen LogP contribution is -1.95. The fourth-order valence-corrected chi connectivity index (χ4v) is 4.02. The van der Waals surface area contributed by atoms with Gasteiger partial charge in [0, 0.05) is 35.5 Å². The molecule has 0 fully saturated rings. The zero-order chi connectivity index (χ0) is 24.3. The number of hydrogen-bond donors (Lipinski definition) is 0. The van der Waals surface area contributed by atoms with Crippen molar-refractivity contribution in [1.82, 2.24) is 15.0 Å². The highest BCUT2D eigenvalue weighted by Crippen LogP contribution is 2.28. The summed E-state index contributed by atoms with van der Waals surface area (Å²) in [4.78, 5) is 25.1. The maximum atomic E-state index is 10.9.